The van der Waals surface area contributed by atoms with Crippen LogP contribution in [0.2, 0.25) is 0 Å². The van der Waals surface area contributed by atoms with Gasteiger partial charge in [-0.1, -0.05) is 20.4 Å². The van der Waals surface area contributed by atoms with Crippen LogP contribution in [-0.2, 0) is 6.54 Å². The summed E-state index contributed by atoms with van der Waals surface area (Å²) in [4.78, 5) is 38.9. The summed E-state index contributed by atoms with van der Waals surface area (Å²) in [5.74, 6) is 5.45. The number of carbonyl (C=O) groups is 2. The van der Waals surface area contributed by atoms with Crippen LogP contribution in [-0.4, -0.2) is 21.1 Å². The lowest BCUT2D eigenvalue weighted by Crippen LogP contribution is -2.43. The average molecular weight is 339 g/mol. The number of allylic oxidation sites excluding steroid dienone is 4. The predicted octanol–water partition coefficient (Wildman–Crippen LogP) is 2.10. The van der Waals surface area contributed by atoms with Gasteiger partial charge in [0.05, 0.1) is 16.8 Å². The van der Waals surface area contributed by atoms with Crippen molar-refractivity contribution in [3.05, 3.63) is 68.4 Å². The number of pyridine rings is 1. The van der Waals surface area contributed by atoms with Crippen molar-refractivity contribution in [1.82, 2.24) is 9.58 Å². The van der Waals surface area contributed by atoms with E-state index in [4.69, 9.17) is 5.84 Å². The number of carbonyl (C=O) groups excluding carboxylic acids is 2. The van der Waals surface area contributed by atoms with Crippen molar-refractivity contribution in [1.29, 1.82) is 0 Å². The quantitative estimate of drug-likeness (QED) is 0.834. The van der Waals surface area contributed by atoms with Gasteiger partial charge in [0.15, 0.2) is 5.78 Å². The average Bonchev–Trinajstić information content (AvgIpc) is 2.50. The molecule has 2 aliphatic rings. The lowest BCUT2D eigenvalue weighted by molar-refractivity contribution is 0.0938. The van der Waals surface area contributed by atoms with E-state index in [0.29, 0.717) is 23.4 Å². The number of Topliss-reactive ketones (excluding diaryl/α,β-unsaturated/α-hetero) is 2. The summed E-state index contributed by atoms with van der Waals surface area (Å²) in [5, 5.41) is 1.14. The van der Waals surface area contributed by atoms with E-state index in [0.717, 1.165) is 5.01 Å². The van der Waals surface area contributed by atoms with Gasteiger partial charge in [-0.15, -0.1) is 0 Å². The van der Waals surface area contributed by atoms with Crippen molar-refractivity contribution in [2.75, 3.05) is 0 Å². The number of aromatic nitrogens is 1. The molecule has 3 rings (SSSR count). The molecule has 1 aliphatic carbocycles. The first-order valence-corrected chi connectivity index (χ1v) is 8.15. The highest BCUT2D eigenvalue weighted by atomic mass is 16.2. The maximum atomic E-state index is 13.2. The van der Waals surface area contributed by atoms with E-state index >= 15 is 0 Å². The number of hydrogen-bond donors (Lipinski definition) is 1. The predicted molar refractivity (Wildman–Crippen MR) is 94.9 cm³/mol. The van der Waals surface area contributed by atoms with E-state index in [9.17, 15) is 14.4 Å². The van der Waals surface area contributed by atoms with Gasteiger partial charge in [-0.05, 0) is 37.0 Å². The Morgan fingerprint density at radius 1 is 1.16 bits per heavy atom. The van der Waals surface area contributed by atoms with Crippen molar-refractivity contribution >= 4 is 11.6 Å². The van der Waals surface area contributed by atoms with Gasteiger partial charge in [-0.2, -0.15) is 0 Å². The van der Waals surface area contributed by atoms with Crippen LogP contribution >= 0.6 is 0 Å². The molecule has 6 heteroatoms. The Morgan fingerprint density at radius 3 is 2.40 bits per heavy atom. The first kappa shape index (κ1) is 17.1. The smallest absolute Gasteiger partial charge is 0.251 e. The first-order valence-electron chi connectivity index (χ1n) is 8.15. The molecule has 2 heterocycles. The van der Waals surface area contributed by atoms with E-state index in [2.05, 4.69) is 6.58 Å². The van der Waals surface area contributed by atoms with Crippen LogP contribution in [0, 0.1) is 12.8 Å². The molecule has 1 aromatic heterocycles. The van der Waals surface area contributed by atoms with E-state index in [1.165, 1.54) is 10.6 Å². The van der Waals surface area contributed by atoms with Gasteiger partial charge in [0, 0.05) is 12.6 Å². The van der Waals surface area contributed by atoms with Crippen LogP contribution in [0.15, 0.2) is 46.1 Å². The van der Waals surface area contributed by atoms with Gasteiger partial charge in [0.1, 0.15) is 11.4 Å². The van der Waals surface area contributed by atoms with Crippen molar-refractivity contribution in [2.45, 2.75) is 34.2 Å². The van der Waals surface area contributed by atoms with Gasteiger partial charge >= 0.3 is 0 Å². The number of fused-ring (bicyclic) bond motifs is 1. The fourth-order valence-electron chi connectivity index (χ4n) is 3.43. The summed E-state index contributed by atoms with van der Waals surface area (Å²) in [7, 11) is 0. The molecule has 2 N–H and O–H groups in total. The monoisotopic (exact) mass is 339 g/mol. The minimum Gasteiger partial charge on any atom is -0.304 e. The van der Waals surface area contributed by atoms with Crippen molar-refractivity contribution < 1.29 is 9.59 Å². The lowest BCUT2D eigenvalue weighted by atomic mass is 9.82. The zero-order valence-corrected chi connectivity index (χ0v) is 14.8. The molecule has 0 fully saturated rings. The Labute approximate surface area is 145 Å². The molecular weight excluding hydrogens is 318 g/mol. The molecule has 0 spiro atoms. The number of nitrogens with two attached hydrogens (primary N) is 1. The number of hydrazine groups is 1. The first-order chi connectivity index (χ1) is 11.6. The maximum absolute atomic E-state index is 13.2. The topological polar surface area (TPSA) is 85.4 Å². The summed E-state index contributed by atoms with van der Waals surface area (Å²) in [6.07, 6.45) is 1.68. The molecular formula is C19H21N3O3. The molecule has 1 aromatic rings. The molecule has 130 valence electrons. The third-order valence-electron chi connectivity index (χ3n) is 4.50. The second-order valence-electron chi connectivity index (χ2n) is 6.96. The Kier molecular flexibility index (Phi) is 3.88. The van der Waals surface area contributed by atoms with Crippen molar-refractivity contribution in [3.63, 3.8) is 0 Å². The normalized spacial score (nSPS) is 17.1. The zero-order chi connectivity index (χ0) is 18.6. The number of aryl methyl sites for hydroxylation is 1. The van der Waals surface area contributed by atoms with Crippen molar-refractivity contribution in [2.24, 2.45) is 11.8 Å². The third-order valence-corrected chi connectivity index (χ3v) is 4.50. The van der Waals surface area contributed by atoms with Crippen LogP contribution in [0.1, 0.15) is 47.2 Å². The molecule has 0 saturated carbocycles. The minimum absolute atomic E-state index is 0.0880. The number of nitrogens with zero attached hydrogens (tertiary/aromatic N) is 2. The van der Waals surface area contributed by atoms with Crippen LogP contribution in [0.4, 0.5) is 0 Å². The highest BCUT2D eigenvalue weighted by Crippen LogP contribution is 2.36. The van der Waals surface area contributed by atoms with Crippen molar-refractivity contribution in [3.8, 4) is 0 Å². The number of rotatable bonds is 2. The highest BCUT2D eigenvalue weighted by molar-refractivity contribution is 6.28. The van der Waals surface area contributed by atoms with Crippen LogP contribution < -0.4 is 11.4 Å². The van der Waals surface area contributed by atoms with E-state index in [1.54, 1.807) is 19.9 Å². The summed E-state index contributed by atoms with van der Waals surface area (Å²) in [5.41, 5.74) is 2.07. The Morgan fingerprint density at radius 2 is 1.80 bits per heavy atom. The fourth-order valence-corrected chi connectivity index (χ4v) is 3.43. The molecule has 0 aromatic carbocycles. The van der Waals surface area contributed by atoms with Gasteiger partial charge in [0.25, 0.3) is 5.56 Å². The maximum Gasteiger partial charge on any atom is 0.251 e. The number of ketones is 2. The van der Waals surface area contributed by atoms with Gasteiger partial charge < -0.3 is 4.57 Å². The Bertz CT molecular complexity index is 961. The molecule has 0 amide bonds. The van der Waals surface area contributed by atoms with Gasteiger partial charge in [-0.3, -0.25) is 19.4 Å². The second-order valence-corrected chi connectivity index (χ2v) is 6.96. The molecule has 0 bridgehead atoms. The summed E-state index contributed by atoms with van der Waals surface area (Å²) < 4.78 is 1.39. The summed E-state index contributed by atoms with van der Waals surface area (Å²) >= 11 is 0. The highest BCUT2D eigenvalue weighted by Gasteiger charge is 2.40. The van der Waals surface area contributed by atoms with Crippen LogP contribution in [0.25, 0.3) is 0 Å². The molecule has 0 radical (unpaired) electrons. The minimum atomic E-state index is -0.415. The Balaban J connectivity index is 2.37. The zero-order valence-electron chi connectivity index (χ0n) is 14.8. The third kappa shape index (κ3) is 2.41. The standard InChI is InChI=1S/C19H21N3O3/c1-9(2)8-21-13(23)7-11(4)14-16(21)19(25)17-15(18(14)24)10(3)6-12(5)22(17)20/h6-7,9H,5,8,20H2,1-4H3. The van der Waals surface area contributed by atoms with Crippen LogP contribution in [0.5, 0.6) is 0 Å². The SMILES string of the molecule is C=C1C=C(C)C2=C(C(=O)c3c(c(C)cc(=O)n3CC(C)C)C2=O)N1N. The van der Waals surface area contributed by atoms with Gasteiger partial charge in [-0.25, -0.2) is 5.84 Å². The second kappa shape index (κ2) is 5.67. The van der Waals surface area contributed by atoms with E-state index in [1.807, 2.05) is 13.8 Å². The van der Waals surface area contributed by atoms with E-state index < -0.39 is 5.78 Å². The summed E-state index contributed by atoms with van der Waals surface area (Å²) in [6.45, 7) is 11.5. The largest absolute Gasteiger partial charge is 0.304 e. The lowest BCUT2D eigenvalue weighted by Gasteiger charge is -2.33. The molecule has 6 nitrogen and oxygen atoms in total. The molecule has 0 saturated heterocycles. The summed E-state index contributed by atoms with van der Waals surface area (Å²) in [6, 6.07) is 1.42. The van der Waals surface area contributed by atoms with E-state index in [-0.39, 0.29) is 39.8 Å². The molecule has 25 heavy (non-hydrogen) atoms. The van der Waals surface area contributed by atoms with Crippen LogP contribution in [0.3, 0.4) is 0 Å². The molecule has 1 aliphatic heterocycles. The molecule has 0 atom stereocenters. The van der Waals surface area contributed by atoms with Gasteiger partial charge in [0.2, 0.25) is 5.78 Å². The fraction of sp³-hybridized carbons (Fsp3) is 0.316. The number of hydrogen-bond acceptors (Lipinski definition) is 5. The molecule has 0 unspecified atom stereocenters. The Hall–Kier alpha value is -2.73.